The maximum atomic E-state index is 13.3. The van der Waals surface area contributed by atoms with Gasteiger partial charge < -0.3 is 5.73 Å². The monoisotopic (exact) mass is 204 g/mol. The van der Waals surface area contributed by atoms with Crippen LogP contribution in [0.15, 0.2) is 18.2 Å². The molecule has 0 fully saturated rings. The van der Waals surface area contributed by atoms with Gasteiger partial charge in [0.2, 0.25) is 0 Å². The highest BCUT2D eigenvalue weighted by Crippen LogP contribution is 2.25. The number of aryl methyl sites for hydroxylation is 1. The number of fused-ring (bicyclic) bond motifs is 1. The molecule has 0 amide bonds. The van der Waals surface area contributed by atoms with Crippen molar-refractivity contribution in [3.8, 4) is 0 Å². The molecule has 0 aliphatic heterocycles. The van der Waals surface area contributed by atoms with Crippen molar-refractivity contribution in [2.45, 2.75) is 6.92 Å². The van der Waals surface area contributed by atoms with Crippen molar-refractivity contribution < 1.29 is 9.18 Å². The molecule has 0 spiro atoms. The number of carbonyl (C=O) groups excluding carboxylic acids is 1. The Morgan fingerprint density at radius 2 is 2.20 bits per heavy atom. The lowest BCUT2D eigenvalue weighted by Gasteiger charge is -2.06. The fraction of sp³-hybridized carbons (Fsp3) is 0.0909. The molecule has 0 atom stereocenters. The standard InChI is InChI=1S/C11H9FN2O/c1-6-4-9(12)10(13)8-3-2-7(5-15)14-11(6)8/h2-5H,13H2,1H3. The lowest BCUT2D eigenvalue weighted by Crippen LogP contribution is -1.97. The molecule has 2 aromatic rings. The Morgan fingerprint density at radius 3 is 2.87 bits per heavy atom. The van der Waals surface area contributed by atoms with E-state index in [0.29, 0.717) is 28.4 Å². The largest absolute Gasteiger partial charge is 0.396 e. The number of pyridine rings is 1. The van der Waals surface area contributed by atoms with Gasteiger partial charge in [0.05, 0.1) is 11.2 Å². The fourth-order valence-corrected chi connectivity index (χ4v) is 1.52. The van der Waals surface area contributed by atoms with Crippen molar-refractivity contribution in [1.29, 1.82) is 0 Å². The van der Waals surface area contributed by atoms with Gasteiger partial charge in [-0.25, -0.2) is 9.37 Å². The van der Waals surface area contributed by atoms with Gasteiger partial charge in [-0.05, 0) is 30.7 Å². The molecule has 15 heavy (non-hydrogen) atoms. The molecule has 0 saturated carbocycles. The Balaban J connectivity index is 2.89. The SMILES string of the molecule is Cc1cc(F)c(N)c2ccc(C=O)nc12. The van der Waals surface area contributed by atoms with E-state index in [2.05, 4.69) is 4.98 Å². The molecule has 3 nitrogen and oxygen atoms in total. The first-order valence-electron chi connectivity index (χ1n) is 4.44. The molecule has 0 radical (unpaired) electrons. The molecule has 76 valence electrons. The average Bonchev–Trinajstić information content (AvgIpc) is 2.25. The van der Waals surface area contributed by atoms with Crippen molar-refractivity contribution in [2.75, 3.05) is 5.73 Å². The van der Waals surface area contributed by atoms with Gasteiger partial charge in [-0.1, -0.05) is 0 Å². The predicted octanol–water partition coefficient (Wildman–Crippen LogP) is 2.08. The summed E-state index contributed by atoms with van der Waals surface area (Å²) in [5.74, 6) is -0.458. The van der Waals surface area contributed by atoms with Crippen LogP contribution >= 0.6 is 0 Å². The van der Waals surface area contributed by atoms with Gasteiger partial charge in [0.1, 0.15) is 11.5 Å². The number of nitrogen functional groups attached to an aromatic ring is 1. The number of anilines is 1. The van der Waals surface area contributed by atoms with E-state index >= 15 is 0 Å². The molecule has 0 aliphatic carbocycles. The highest BCUT2D eigenvalue weighted by Gasteiger charge is 2.08. The van der Waals surface area contributed by atoms with Gasteiger partial charge in [-0.15, -0.1) is 0 Å². The Hall–Kier alpha value is -1.97. The minimum atomic E-state index is -0.458. The maximum absolute atomic E-state index is 13.3. The van der Waals surface area contributed by atoms with Crippen molar-refractivity contribution in [1.82, 2.24) is 4.98 Å². The van der Waals surface area contributed by atoms with Crippen LogP contribution in [0.25, 0.3) is 10.9 Å². The summed E-state index contributed by atoms with van der Waals surface area (Å²) in [7, 11) is 0. The third-order valence-corrected chi connectivity index (χ3v) is 2.30. The van der Waals surface area contributed by atoms with Gasteiger partial charge in [0, 0.05) is 5.39 Å². The minimum Gasteiger partial charge on any atom is -0.396 e. The lowest BCUT2D eigenvalue weighted by atomic mass is 10.1. The van der Waals surface area contributed by atoms with Crippen LogP contribution in [-0.2, 0) is 0 Å². The zero-order valence-electron chi connectivity index (χ0n) is 8.12. The highest BCUT2D eigenvalue weighted by atomic mass is 19.1. The zero-order valence-corrected chi connectivity index (χ0v) is 8.12. The van der Waals surface area contributed by atoms with E-state index < -0.39 is 5.82 Å². The van der Waals surface area contributed by atoms with Crippen molar-refractivity contribution >= 4 is 22.9 Å². The van der Waals surface area contributed by atoms with Crippen LogP contribution in [0.1, 0.15) is 16.1 Å². The molecule has 0 aliphatic rings. The topological polar surface area (TPSA) is 56.0 Å². The summed E-state index contributed by atoms with van der Waals surface area (Å²) in [6, 6.07) is 4.45. The fourth-order valence-electron chi connectivity index (χ4n) is 1.52. The average molecular weight is 204 g/mol. The molecular formula is C11H9FN2O. The number of benzene rings is 1. The summed E-state index contributed by atoms with van der Waals surface area (Å²) in [5.41, 5.74) is 7.20. The molecule has 0 saturated heterocycles. The smallest absolute Gasteiger partial charge is 0.168 e. The summed E-state index contributed by atoms with van der Waals surface area (Å²) >= 11 is 0. The van der Waals surface area contributed by atoms with E-state index in [1.165, 1.54) is 12.1 Å². The molecular weight excluding hydrogens is 195 g/mol. The molecule has 2 rings (SSSR count). The first-order chi connectivity index (χ1) is 7.13. The summed E-state index contributed by atoms with van der Waals surface area (Å²) in [6.45, 7) is 1.73. The van der Waals surface area contributed by atoms with Crippen LogP contribution in [-0.4, -0.2) is 11.3 Å². The molecule has 0 unspecified atom stereocenters. The molecule has 0 bridgehead atoms. The lowest BCUT2D eigenvalue weighted by molar-refractivity contribution is 0.111. The van der Waals surface area contributed by atoms with E-state index in [0.717, 1.165) is 0 Å². The number of nitrogens with zero attached hydrogens (tertiary/aromatic N) is 1. The van der Waals surface area contributed by atoms with E-state index in [-0.39, 0.29) is 5.69 Å². The Bertz CT molecular complexity index is 552. The third-order valence-electron chi connectivity index (χ3n) is 2.30. The van der Waals surface area contributed by atoms with Crippen molar-refractivity contribution in [2.24, 2.45) is 0 Å². The Labute approximate surface area is 85.7 Å². The van der Waals surface area contributed by atoms with Crippen LogP contribution in [0.4, 0.5) is 10.1 Å². The maximum Gasteiger partial charge on any atom is 0.168 e. The van der Waals surface area contributed by atoms with E-state index in [4.69, 9.17) is 5.73 Å². The number of hydrogen-bond acceptors (Lipinski definition) is 3. The van der Waals surface area contributed by atoms with Gasteiger partial charge in [0.15, 0.2) is 6.29 Å². The first-order valence-corrected chi connectivity index (χ1v) is 4.44. The zero-order chi connectivity index (χ0) is 11.0. The highest BCUT2D eigenvalue weighted by molar-refractivity contribution is 5.94. The number of aromatic nitrogens is 1. The van der Waals surface area contributed by atoms with E-state index in [1.807, 2.05) is 0 Å². The van der Waals surface area contributed by atoms with Gasteiger partial charge in [0.25, 0.3) is 0 Å². The number of hydrogen-bond donors (Lipinski definition) is 1. The van der Waals surface area contributed by atoms with Crippen molar-refractivity contribution in [3.05, 3.63) is 35.3 Å². The second-order valence-corrected chi connectivity index (χ2v) is 3.34. The summed E-state index contributed by atoms with van der Waals surface area (Å²) in [5, 5.41) is 0.540. The summed E-state index contributed by atoms with van der Waals surface area (Å²) in [6.07, 6.45) is 0.651. The van der Waals surface area contributed by atoms with Crippen molar-refractivity contribution in [3.63, 3.8) is 0 Å². The number of nitrogens with two attached hydrogens (primary N) is 1. The molecule has 1 heterocycles. The minimum absolute atomic E-state index is 0.0700. The van der Waals surface area contributed by atoms with E-state index in [1.54, 1.807) is 13.0 Å². The predicted molar refractivity (Wildman–Crippen MR) is 56.2 cm³/mol. The first kappa shape index (κ1) is 9.58. The number of carbonyl (C=O) groups is 1. The van der Waals surface area contributed by atoms with Gasteiger partial charge in [-0.3, -0.25) is 4.79 Å². The van der Waals surface area contributed by atoms with Gasteiger partial charge in [-0.2, -0.15) is 0 Å². The molecule has 1 aromatic carbocycles. The Morgan fingerprint density at radius 1 is 1.47 bits per heavy atom. The summed E-state index contributed by atoms with van der Waals surface area (Å²) in [4.78, 5) is 14.6. The normalized spacial score (nSPS) is 10.5. The quantitative estimate of drug-likeness (QED) is 0.571. The van der Waals surface area contributed by atoms with Crippen LogP contribution < -0.4 is 5.73 Å². The number of aldehydes is 1. The number of rotatable bonds is 1. The van der Waals surface area contributed by atoms with Crippen LogP contribution in [0.5, 0.6) is 0 Å². The second kappa shape index (κ2) is 3.31. The summed E-state index contributed by atoms with van der Waals surface area (Å²) < 4.78 is 13.3. The van der Waals surface area contributed by atoms with Crippen LogP contribution in [0, 0.1) is 12.7 Å². The molecule has 2 N–H and O–H groups in total. The van der Waals surface area contributed by atoms with Crippen LogP contribution in [0.3, 0.4) is 0 Å². The molecule has 1 aromatic heterocycles. The number of halogens is 1. The second-order valence-electron chi connectivity index (χ2n) is 3.34. The Kier molecular flexibility index (Phi) is 2.11. The van der Waals surface area contributed by atoms with Gasteiger partial charge >= 0.3 is 0 Å². The molecule has 4 heteroatoms. The van der Waals surface area contributed by atoms with Crippen LogP contribution in [0.2, 0.25) is 0 Å². The van der Waals surface area contributed by atoms with E-state index in [9.17, 15) is 9.18 Å². The third kappa shape index (κ3) is 1.44.